The second-order valence-electron chi connectivity index (χ2n) is 9.13. The molecule has 4 rings (SSSR count). The number of rotatable bonds is 5. The number of benzene rings is 3. The van der Waals surface area contributed by atoms with E-state index in [0.717, 1.165) is 34.0 Å². The summed E-state index contributed by atoms with van der Waals surface area (Å²) in [6, 6.07) is 19.4. The maximum atomic E-state index is 13.3. The second kappa shape index (κ2) is 10.1. The molecule has 1 heterocycles. The monoisotopic (exact) mass is 457 g/mol. The minimum atomic E-state index is -0.314. The smallest absolute Gasteiger partial charge is 0.254 e. The Morgan fingerprint density at radius 3 is 2.41 bits per heavy atom. The summed E-state index contributed by atoms with van der Waals surface area (Å²) in [5.74, 6) is -0.699. The maximum absolute atomic E-state index is 13.3. The lowest BCUT2D eigenvalue weighted by atomic mass is 9.95. The molecule has 3 amide bonds. The SMILES string of the molecule is Cc1cccc(C)c1NC(=O)CN(C)C(=O)[C@@H]1CCCN(C(=O)c2cccc3ccccc23)C1. The van der Waals surface area contributed by atoms with E-state index in [0.29, 0.717) is 25.1 Å². The minimum Gasteiger partial charge on any atom is -0.338 e. The summed E-state index contributed by atoms with van der Waals surface area (Å²) in [4.78, 5) is 42.4. The van der Waals surface area contributed by atoms with Crippen LogP contribution >= 0.6 is 0 Å². The second-order valence-corrected chi connectivity index (χ2v) is 9.13. The van der Waals surface area contributed by atoms with Crippen LogP contribution in [0.2, 0.25) is 0 Å². The van der Waals surface area contributed by atoms with Gasteiger partial charge in [-0.1, -0.05) is 54.6 Å². The van der Waals surface area contributed by atoms with Crippen LogP contribution in [-0.2, 0) is 9.59 Å². The average molecular weight is 458 g/mol. The molecule has 176 valence electrons. The largest absolute Gasteiger partial charge is 0.338 e. The van der Waals surface area contributed by atoms with E-state index in [1.54, 1.807) is 11.9 Å². The van der Waals surface area contributed by atoms with Crippen molar-refractivity contribution in [2.75, 3.05) is 32.0 Å². The number of likely N-dealkylation sites (N-methyl/N-ethyl adjacent to an activating group) is 1. The summed E-state index contributed by atoms with van der Waals surface area (Å²) in [5.41, 5.74) is 3.42. The Bertz CT molecular complexity index is 1210. The molecule has 1 N–H and O–H groups in total. The molecule has 0 radical (unpaired) electrons. The van der Waals surface area contributed by atoms with E-state index in [-0.39, 0.29) is 30.2 Å². The van der Waals surface area contributed by atoms with Crippen molar-refractivity contribution in [3.63, 3.8) is 0 Å². The number of anilines is 1. The number of likely N-dealkylation sites (tertiary alicyclic amines) is 1. The van der Waals surface area contributed by atoms with E-state index in [4.69, 9.17) is 0 Å². The number of hydrogen-bond acceptors (Lipinski definition) is 3. The van der Waals surface area contributed by atoms with Crippen LogP contribution < -0.4 is 5.32 Å². The molecule has 1 aliphatic rings. The van der Waals surface area contributed by atoms with Crippen molar-refractivity contribution in [3.05, 3.63) is 77.4 Å². The number of nitrogens with one attached hydrogen (secondary N) is 1. The highest BCUT2D eigenvalue weighted by Gasteiger charge is 2.31. The number of fused-ring (bicyclic) bond motifs is 1. The van der Waals surface area contributed by atoms with Gasteiger partial charge >= 0.3 is 0 Å². The van der Waals surface area contributed by atoms with Crippen LogP contribution in [0.25, 0.3) is 10.8 Å². The Balaban J connectivity index is 1.40. The Morgan fingerprint density at radius 1 is 0.971 bits per heavy atom. The molecule has 0 bridgehead atoms. The molecule has 6 heteroatoms. The zero-order valence-electron chi connectivity index (χ0n) is 20.0. The first-order valence-corrected chi connectivity index (χ1v) is 11.7. The predicted molar refractivity (Wildman–Crippen MR) is 135 cm³/mol. The zero-order chi connectivity index (χ0) is 24.2. The van der Waals surface area contributed by atoms with Gasteiger partial charge in [0.1, 0.15) is 0 Å². The zero-order valence-corrected chi connectivity index (χ0v) is 20.0. The fourth-order valence-corrected chi connectivity index (χ4v) is 4.74. The van der Waals surface area contributed by atoms with Gasteiger partial charge < -0.3 is 15.1 Å². The Kier molecular flexibility index (Phi) is 6.96. The van der Waals surface area contributed by atoms with Crippen LogP contribution in [0.15, 0.2) is 60.7 Å². The molecule has 34 heavy (non-hydrogen) atoms. The van der Waals surface area contributed by atoms with Crippen LogP contribution in [0.3, 0.4) is 0 Å². The summed E-state index contributed by atoms with van der Waals surface area (Å²) in [6.07, 6.45) is 1.47. The normalized spacial score (nSPS) is 15.7. The van der Waals surface area contributed by atoms with Crippen molar-refractivity contribution in [3.8, 4) is 0 Å². The van der Waals surface area contributed by atoms with Gasteiger partial charge in [0.25, 0.3) is 5.91 Å². The van der Waals surface area contributed by atoms with Crippen molar-refractivity contribution in [2.24, 2.45) is 5.92 Å². The number of para-hydroxylation sites is 1. The van der Waals surface area contributed by atoms with Gasteiger partial charge in [-0.25, -0.2) is 0 Å². The van der Waals surface area contributed by atoms with Gasteiger partial charge in [-0.3, -0.25) is 14.4 Å². The third-order valence-corrected chi connectivity index (χ3v) is 6.58. The van der Waals surface area contributed by atoms with Gasteiger partial charge in [0.05, 0.1) is 12.5 Å². The summed E-state index contributed by atoms with van der Waals surface area (Å²) in [5, 5.41) is 4.88. The Hall–Kier alpha value is -3.67. The summed E-state index contributed by atoms with van der Waals surface area (Å²) in [6.45, 7) is 4.86. The first kappa shape index (κ1) is 23.5. The third-order valence-electron chi connectivity index (χ3n) is 6.58. The molecular weight excluding hydrogens is 426 g/mol. The highest BCUT2D eigenvalue weighted by Crippen LogP contribution is 2.25. The first-order chi connectivity index (χ1) is 16.3. The van der Waals surface area contributed by atoms with Crippen molar-refractivity contribution < 1.29 is 14.4 Å². The lowest BCUT2D eigenvalue weighted by molar-refractivity contribution is -0.138. The van der Waals surface area contributed by atoms with E-state index in [2.05, 4.69) is 5.32 Å². The van der Waals surface area contributed by atoms with Crippen molar-refractivity contribution in [1.29, 1.82) is 0 Å². The van der Waals surface area contributed by atoms with Crippen LogP contribution in [-0.4, -0.2) is 54.2 Å². The van der Waals surface area contributed by atoms with E-state index >= 15 is 0 Å². The highest BCUT2D eigenvalue weighted by atomic mass is 16.2. The van der Waals surface area contributed by atoms with Crippen molar-refractivity contribution in [2.45, 2.75) is 26.7 Å². The first-order valence-electron chi connectivity index (χ1n) is 11.7. The molecule has 1 aliphatic heterocycles. The van der Waals surface area contributed by atoms with E-state index in [1.807, 2.05) is 74.5 Å². The molecule has 1 saturated heterocycles. The van der Waals surface area contributed by atoms with Gasteiger partial charge in [0, 0.05) is 31.4 Å². The van der Waals surface area contributed by atoms with E-state index in [9.17, 15) is 14.4 Å². The molecule has 3 aromatic rings. The van der Waals surface area contributed by atoms with E-state index < -0.39 is 0 Å². The molecule has 0 aromatic heterocycles. The van der Waals surface area contributed by atoms with Gasteiger partial charge in [-0.2, -0.15) is 0 Å². The lowest BCUT2D eigenvalue weighted by Gasteiger charge is -2.34. The summed E-state index contributed by atoms with van der Waals surface area (Å²) in [7, 11) is 1.65. The number of nitrogens with zero attached hydrogens (tertiary/aromatic N) is 2. The minimum absolute atomic E-state index is 0.0274. The Labute approximate surface area is 200 Å². The molecule has 0 saturated carbocycles. The highest BCUT2D eigenvalue weighted by molar-refractivity contribution is 6.07. The molecule has 0 unspecified atom stereocenters. The summed E-state index contributed by atoms with van der Waals surface area (Å²) < 4.78 is 0. The molecule has 3 aromatic carbocycles. The van der Waals surface area contributed by atoms with E-state index in [1.165, 1.54) is 4.90 Å². The Morgan fingerprint density at radius 2 is 1.65 bits per heavy atom. The molecule has 6 nitrogen and oxygen atoms in total. The molecule has 0 aliphatic carbocycles. The number of piperidine rings is 1. The van der Waals surface area contributed by atoms with Crippen molar-refractivity contribution in [1.82, 2.24) is 9.80 Å². The van der Waals surface area contributed by atoms with Crippen LogP contribution in [0, 0.1) is 19.8 Å². The van der Waals surface area contributed by atoms with Crippen molar-refractivity contribution >= 4 is 34.2 Å². The van der Waals surface area contributed by atoms with Gasteiger partial charge in [-0.05, 0) is 54.7 Å². The van der Waals surface area contributed by atoms with Crippen LogP contribution in [0.4, 0.5) is 5.69 Å². The molecular formula is C28H31N3O3. The number of carbonyl (C=O) groups is 3. The lowest BCUT2D eigenvalue weighted by Crippen LogP contribution is -2.47. The number of amides is 3. The van der Waals surface area contributed by atoms with Crippen LogP contribution in [0.1, 0.15) is 34.3 Å². The topological polar surface area (TPSA) is 69.7 Å². The maximum Gasteiger partial charge on any atom is 0.254 e. The van der Waals surface area contributed by atoms with Crippen LogP contribution in [0.5, 0.6) is 0 Å². The predicted octanol–water partition coefficient (Wildman–Crippen LogP) is 4.41. The number of carbonyl (C=O) groups excluding carboxylic acids is 3. The number of hydrogen-bond donors (Lipinski definition) is 1. The average Bonchev–Trinajstić information content (AvgIpc) is 2.85. The third kappa shape index (κ3) is 4.96. The molecule has 0 spiro atoms. The molecule has 1 atom stereocenters. The fourth-order valence-electron chi connectivity index (χ4n) is 4.74. The van der Waals surface area contributed by atoms with Gasteiger partial charge in [0.2, 0.25) is 11.8 Å². The van der Waals surface area contributed by atoms with Gasteiger partial charge in [0.15, 0.2) is 0 Å². The summed E-state index contributed by atoms with van der Waals surface area (Å²) >= 11 is 0. The number of aryl methyl sites for hydroxylation is 2. The standard InChI is InChI=1S/C28H31N3O3/c1-19-9-6-10-20(2)26(19)29-25(32)18-30(3)27(33)22-13-8-16-31(17-22)28(34)24-15-7-12-21-11-4-5-14-23(21)24/h4-7,9-12,14-15,22H,8,13,16-18H2,1-3H3,(H,29,32)/t22-/m1/s1. The fraction of sp³-hybridized carbons (Fsp3) is 0.321. The molecule has 1 fully saturated rings. The quantitative estimate of drug-likeness (QED) is 0.617. The van der Waals surface area contributed by atoms with Gasteiger partial charge in [-0.15, -0.1) is 0 Å².